The Morgan fingerprint density at radius 3 is 2.25 bits per heavy atom. The first-order valence-electron chi connectivity index (χ1n) is 7.93. The Balaban J connectivity index is 1.57. The fourth-order valence-electron chi connectivity index (χ4n) is 2.39. The lowest BCUT2D eigenvalue weighted by Crippen LogP contribution is -2.26. The first-order valence-corrected chi connectivity index (χ1v) is 9.58. The largest absolute Gasteiger partial charge is 0.353 e. The molecule has 2 N–H and O–H groups in total. The quantitative estimate of drug-likeness (QED) is 0.810. The second-order valence-electron chi connectivity index (χ2n) is 6.06. The molecule has 0 radical (unpaired) electrons. The zero-order valence-corrected chi connectivity index (χ0v) is 14.1. The molecule has 2 aromatic rings. The molecular formula is C18H20N2O3S. The molecule has 0 saturated heterocycles. The number of hydrogen-bond acceptors (Lipinski definition) is 3. The molecule has 3 rings (SSSR count). The number of rotatable bonds is 7. The van der Waals surface area contributed by atoms with Crippen LogP contribution in [0.3, 0.4) is 0 Å². The number of benzene rings is 2. The van der Waals surface area contributed by atoms with Gasteiger partial charge in [0.05, 0.1) is 12.2 Å². The number of amides is 1. The van der Waals surface area contributed by atoms with Crippen LogP contribution in [0.5, 0.6) is 0 Å². The number of anilines is 1. The highest BCUT2D eigenvalue weighted by Gasteiger charge is 2.23. The molecule has 1 fully saturated rings. The molecule has 0 aromatic heterocycles. The van der Waals surface area contributed by atoms with Gasteiger partial charge in [-0.15, -0.1) is 0 Å². The zero-order valence-electron chi connectivity index (χ0n) is 13.2. The van der Waals surface area contributed by atoms with Crippen LogP contribution in [-0.2, 0) is 27.0 Å². The molecule has 6 heteroatoms. The fourth-order valence-corrected chi connectivity index (χ4v) is 3.59. The van der Waals surface area contributed by atoms with Crippen LogP contribution >= 0.6 is 0 Å². The first-order chi connectivity index (χ1) is 11.5. The average molecular weight is 344 g/mol. The molecule has 126 valence electrons. The molecular weight excluding hydrogens is 324 g/mol. The van der Waals surface area contributed by atoms with Crippen molar-refractivity contribution >= 4 is 21.6 Å². The normalized spacial score (nSPS) is 14.2. The van der Waals surface area contributed by atoms with Crippen molar-refractivity contribution in [3.63, 3.8) is 0 Å². The lowest BCUT2D eigenvalue weighted by Gasteiger charge is -2.09. The molecule has 2 aromatic carbocycles. The number of carbonyl (C=O) groups excluding carboxylic acids is 1. The fraction of sp³-hybridized carbons (Fsp3) is 0.278. The summed E-state index contributed by atoms with van der Waals surface area (Å²) in [6.07, 6.45) is 2.44. The minimum absolute atomic E-state index is 0.00917. The summed E-state index contributed by atoms with van der Waals surface area (Å²) in [4.78, 5) is 11.8. The molecule has 0 atom stereocenters. The second-order valence-corrected chi connectivity index (χ2v) is 7.78. The Hall–Kier alpha value is -2.34. The van der Waals surface area contributed by atoms with Crippen LogP contribution in [0.4, 0.5) is 5.69 Å². The van der Waals surface area contributed by atoms with Crippen LogP contribution < -0.4 is 10.0 Å². The highest BCUT2D eigenvalue weighted by molar-refractivity contribution is 7.91. The van der Waals surface area contributed by atoms with Gasteiger partial charge < -0.3 is 5.32 Å². The van der Waals surface area contributed by atoms with Crippen LogP contribution in [0.25, 0.3) is 0 Å². The molecule has 0 spiro atoms. The summed E-state index contributed by atoms with van der Waals surface area (Å²) in [6, 6.07) is 16.3. The summed E-state index contributed by atoms with van der Waals surface area (Å²) in [5.41, 5.74) is 2.09. The van der Waals surface area contributed by atoms with Gasteiger partial charge in [-0.25, -0.2) is 8.42 Å². The van der Waals surface area contributed by atoms with E-state index in [0.29, 0.717) is 18.2 Å². The van der Waals surface area contributed by atoms with Crippen molar-refractivity contribution in [1.82, 2.24) is 5.32 Å². The van der Waals surface area contributed by atoms with Gasteiger partial charge in [0.25, 0.3) is 0 Å². The lowest BCUT2D eigenvalue weighted by molar-refractivity contribution is -0.120. The highest BCUT2D eigenvalue weighted by Crippen LogP contribution is 2.19. The Morgan fingerprint density at radius 1 is 0.958 bits per heavy atom. The maximum Gasteiger partial charge on any atom is 0.236 e. The van der Waals surface area contributed by atoms with Gasteiger partial charge in [0.1, 0.15) is 0 Å². The molecule has 1 saturated carbocycles. The summed E-state index contributed by atoms with van der Waals surface area (Å²) < 4.78 is 26.9. The molecule has 0 bridgehead atoms. The molecule has 0 aliphatic heterocycles. The monoisotopic (exact) mass is 344 g/mol. The van der Waals surface area contributed by atoms with Gasteiger partial charge in [0.2, 0.25) is 15.9 Å². The van der Waals surface area contributed by atoms with Crippen molar-refractivity contribution in [2.24, 2.45) is 0 Å². The topological polar surface area (TPSA) is 75.3 Å². The Kier molecular flexibility index (Phi) is 4.85. The van der Waals surface area contributed by atoms with Crippen LogP contribution in [0, 0.1) is 0 Å². The van der Waals surface area contributed by atoms with Crippen molar-refractivity contribution in [3.05, 3.63) is 65.7 Å². The van der Waals surface area contributed by atoms with E-state index >= 15 is 0 Å². The molecule has 1 amide bonds. The van der Waals surface area contributed by atoms with Gasteiger partial charge >= 0.3 is 0 Å². The van der Waals surface area contributed by atoms with Crippen LogP contribution in [0.2, 0.25) is 0 Å². The smallest absolute Gasteiger partial charge is 0.236 e. The maximum atomic E-state index is 12.2. The van der Waals surface area contributed by atoms with E-state index < -0.39 is 10.0 Å². The number of sulfonamides is 1. The third-order valence-corrected chi connectivity index (χ3v) is 4.99. The standard InChI is InChI=1S/C18H20N2O3S/c21-18(19-16-10-11-16)12-14-6-8-17(9-7-14)20-24(22,23)13-15-4-2-1-3-5-15/h1-9,16,20H,10-13H2,(H,19,21). The van der Waals surface area contributed by atoms with E-state index in [1.807, 2.05) is 18.2 Å². The molecule has 24 heavy (non-hydrogen) atoms. The second kappa shape index (κ2) is 7.05. The van der Waals surface area contributed by atoms with E-state index in [4.69, 9.17) is 0 Å². The Labute approximate surface area is 142 Å². The van der Waals surface area contributed by atoms with Gasteiger partial charge in [-0.3, -0.25) is 9.52 Å². The van der Waals surface area contributed by atoms with Crippen molar-refractivity contribution < 1.29 is 13.2 Å². The van der Waals surface area contributed by atoms with E-state index in [2.05, 4.69) is 10.0 Å². The number of carbonyl (C=O) groups is 1. The lowest BCUT2D eigenvalue weighted by atomic mass is 10.1. The van der Waals surface area contributed by atoms with E-state index in [1.54, 1.807) is 36.4 Å². The summed E-state index contributed by atoms with van der Waals surface area (Å²) >= 11 is 0. The first kappa shape index (κ1) is 16.5. The SMILES string of the molecule is O=C(Cc1ccc(NS(=O)(=O)Cc2ccccc2)cc1)NC1CC1. The predicted molar refractivity (Wildman–Crippen MR) is 94.0 cm³/mol. The van der Waals surface area contributed by atoms with Gasteiger partial charge in [-0.05, 0) is 36.1 Å². The van der Waals surface area contributed by atoms with Crippen molar-refractivity contribution in [2.45, 2.75) is 31.1 Å². The van der Waals surface area contributed by atoms with Crippen molar-refractivity contribution in [3.8, 4) is 0 Å². The van der Waals surface area contributed by atoms with Crippen molar-refractivity contribution in [2.75, 3.05) is 4.72 Å². The van der Waals surface area contributed by atoms with Gasteiger partial charge in [0, 0.05) is 11.7 Å². The van der Waals surface area contributed by atoms with Crippen LogP contribution in [-0.4, -0.2) is 20.4 Å². The summed E-state index contributed by atoms with van der Waals surface area (Å²) in [6.45, 7) is 0. The molecule has 0 unspecified atom stereocenters. The average Bonchev–Trinajstić information content (AvgIpc) is 3.33. The van der Waals surface area contributed by atoms with Crippen LogP contribution in [0.1, 0.15) is 24.0 Å². The molecule has 0 heterocycles. The molecule has 1 aliphatic rings. The summed E-state index contributed by atoms with van der Waals surface area (Å²) in [5.74, 6) is -0.0609. The zero-order chi connectivity index (χ0) is 17.0. The summed E-state index contributed by atoms with van der Waals surface area (Å²) in [7, 11) is -3.46. The predicted octanol–water partition coefficient (Wildman–Crippen LogP) is 2.45. The van der Waals surface area contributed by atoms with E-state index in [9.17, 15) is 13.2 Å². The number of hydrogen-bond donors (Lipinski definition) is 2. The molecule has 5 nitrogen and oxygen atoms in total. The van der Waals surface area contributed by atoms with Gasteiger partial charge in [0.15, 0.2) is 0 Å². The van der Waals surface area contributed by atoms with Gasteiger partial charge in [-0.2, -0.15) is 0 Å². The minimum Gasteiger partial charge on any atom is -0.353 e. The van der Waals surface area contributed by atoms with Crippen LogP contribution in [0.15, 0.2) is 54.6 Å². The Morgan fingerprint density at radius 2 is 1.62 bits per heavy atom. The number of nitrogens with one attached hydrogen (secondary N) is 2. The maximum absolute atomic E-state index is 12.2. The minimum atomic E-state index is -3.46. The van der Waals surface area contributed by atoms with E-state index in [1.165, 1.54) is 0 Å². The third kappa shape index (κ3) is 5.09. The van der Waals surface area contributed by atoms with E-state index in [0.717, 1.165) is 24.0 Å². The van der Waals surface area contributed by atoms with Gasteiger partial charge in [-0.1, -0.05) is 42.5 Å². The summed E-state index contributed by atoms with van der Waals surface area (Å²) in [5, 5.41) is 2.93. The Bertz CT molecular complexity index is 798. The van der Waals surface area contributed by atoms with E-state index in [-0.39, 0.29) is 11.7 Å². The van der Waals surface area contributed by atoms with Crippen molar-refractivity contribution in [1.29, 1.82) is 0 Å². The highest BCUT2D eigenvalue weighted by atomic mass is 32.2. The third-order valence-electron chi connectivity index (χ3n) is 3.73. The molecule has 1 aliphatic carbocycles.